The van der Waals surface area contributed by atoms with E-state index in [0.29, 0.717) is 0 Å². The van der Waals surface area contributed by atoms with Crippen molar-refractivity contribution in [2.24, 2.45) is 0 Å². The van der Waals surface area contributed by atoms with Gasteiger partial charge in [0.05, 0.1) is 12.8 Å². The normalized spacial score (nSPS) is 10.4. The number of hydrogen-bond donors (Lipinski definition) is 1. The molecule has 20 heavy (non-hydrogen) atoms. The third-order valence-corrected chi connectivity index (χ3v) is 3.83. The van der Waals surface area contributed by atoms with Crippen LogP contribution in [0.3, 0.4) is 0 Å². The predicted molar refractivity (Wildman–Crippen MR) is 88.0 cm³/mol. The van der Waals surface area contributed by atoms with E-state index in [2.05, 4.69) is 50.4 Å². The third-order valence-electron chi connectivity index (χ3n) is 3.19. The van der Waals surface area contributed by atoms with Crippen molar-refractivity contribution in [1.29, 1.82) is 0 Å². The monoisotopic (exact) mass is 334 g/mol. The van der Waals surface area contributed by atoms with E-state index < -0.39 is 0 Å². The molecule has 0 heterocycles. The van der Waals surface area contributed by atoms with Crippen LogP contribution in [0.4, 0.5) is 11.4 Å². The fourth-order valence-electron chi connectivity index (χ4n) is 2.09. The van der Waals surface area contributed by atoms with E-state index in [1.54, 1.807) is 7.11 Å². The molecular formula is C16H19BrN2O. The van der Waals surface area contributed by atoms with Crippen LogP contribution in [0, 0.1) is 0 Å². The highest BCUT2D eigenvalue weighted by molar-refractivity contribution is 9.10. The van der Waals surface area contributed by atoms with Gasteiger partial charge in [-0.05, 0) is 52.8 Å². The lowest BCUT2D eigenvalue weighted by Gasteiger charge is -2.22. The number of nitrogens with zero attached hydrogens (tertiary/aromatic N) is 1. The zero-order valence-corrected chi connectivity index (χ0v) is 13.6. The molecule has 0 saturated carbocycles. The molecule has 0 amide bonds. The van der Waals surface area contributed by atoms with Gasteiger partial charge in [-0.25, -0.2) is 0 Å². The minimum Gasteiger partial charge on any atom is -0.497 e. The fourth-order valence-corrected chi connectivity index (χ4v) is 2.79. The maximum atomic E-state index is 5.28. The topological polar surface area (TPSA) is 24.5 Å². The zero-order valence-electron chi connectivity index (χ0n) is 12.0. The SMILES string of the molecule is CNCc1ccc(N(C)c2cccc(OC)c2)c(Br)c1. The molecule has 0 bridgehead atoms. The summed E-state index contributed by atoms with van der Waals surface area (Å²) in [6, 6.07) is 14.4. The van der Waals surface area contributed by atoms with Gasteiger partial charge in [0.2, 0.25) is 0 Å². The molecule has 0 unspecified atom stereocenters. The highest BCUT2D eigenvalue weighted by Crippen LogP contribution is 2.32. The summed E-state index contributed by atoms with van der Waals surface area (Å²) in [6.07, 6.45) is 0. The first-order valence-corrected chi connectivity index (χ1v) is 7.26. The number of ether oxygens (including phenoxy) is 1. The number of anilines is 2. The lowest BCUT2D eigenvalue weighted by molar-refractivity contribution is 0.415. The summed E-state index contributed by atoms with van der Waals surface area (Å²) in [4.78, 5) is 2.13. The fraction of sp³-hybridized carbons (Fsp3) is 0.250. The average Bonchev–Trinajstić information content (AvgIpc) is 2.47. The van der Waals surface area contributed by atoms with E-state index in [1.807, 2.05) is 32.3 Å². The van der Waals surface area contributed by atoms with Gasteiger partial charge in [0.15, 0.2) is 0 Å². The summed E-state index contributed by atoms with van der Waals surface area (Å²) >= 11 is 3.65. The van der Waals surface area contributed by atoms with Crippen molar-refractivity contribution in [1.82, 2.24) is 5.32 Å². The maximum absolute atomic E-state index is 5.28. The Balaban J connectivity index is 2.30. The number of methoxy groups -OCH3 is 1. The molecular weight excluding hydrogens is 316 g/mol. The lowest BCUT2D eigenvalue weighted by atomic mass is 10.2. The van der Waals surface area contributed by atoms with E-state index in [-0.39, 0.29) is 0 Å². The van der Waals surface area contributed by atoms with Crippen LogP contribution in [0.1, 0.15) is 5.56 Å². The Labute approximate surface area is 128 Å². The quantitative estimate of drug-likeness (QED) is 0.896. The van der Waals surface area contributed by atoms with Gasteiger partial charge in [-0.1, -0.05) is 12.1 Å². The Morgan fingerprint density at radius 2 is 2.00 bits per heavy atom. The first kappa shape index (κ1) is 14.9. The number of hydrogen-bond acceptors (Lipinski definition) is 3. The van der Waals surface area contributed by atoms with Crippen LogP contribution in [0.25, 0.3) is 0 Å². The van der Waals surface area contributed by atoms with Crippen molar-refractivity contribution in [3.05, 3.63) is 52.5 Å². The summed E-state index contributed by atoms with van der Waals surface area (Å²) < 4.78 is 6.35. The molecule has 0 aliphatic carbocycles. The minimum absolute atomic E-state index is 0.859. The zero-order chi connectivity index (χ0) is 14.5. The van der Waals surface area contributed by atoms with E-state index in [9.17, 15) is 0 Å². The van der Waals surface area contributed by atoms with Crippen molar-refractivity contribution < 1.29 is 4.74 Å². The molecule has 2 aromatic carbocycles. The summed E-state index contributed by atoms with van der Waals surface area (Å²) in [5.74, 6) is 0.859. The molecule has 2 rings (SSSR count). The van der Waals surface area contributed by atoms with E-state index in [0.717, 1.165) is 28.1 Å². The maximum Gasteiger partial charge on any atom is 0.120 e. The van der Waals surface area contributed by atoms with Crippen LogP contribution in [0.15, 0.2) is 46.9 Å². The van der Waals surface area contributed by atoms with Crippen molar-refractivity contribution >= 4 is 27.3 Å². The predicted octanol–water partition coefficient (Wildman–Crippen LogP) is 3.95. The third kappa shape index (κ3) is 3.32. The Hall–Kier alpha value is -1.52. The van der Waals surface area contributed by atoms with Crippen LogP contribution < -0.4 is 15.0 Å². The molecule has 3 nitrogen and oxygen atoms in total. The highest BCUT2D eigenvalue weighted by Gasteiger charge is 2.09. The molecule has 0 radical (unpaired) electrons. The van der Waals surface area contributed by atoms with Gasteiger partial charge < -0.3 is 15.0 Å². The van der Waals surface area contributed by atoms with E-state index in [4.69, 9.17) is 4.74 Å². The molecule has 2 aromatic rings. The molecule has 0 fully saturated rings. The van der Waals surface area contributed by atoms with Gasteiger partial charge in [-0.15, -0.1) is 0 Å². The standard InChI is InChI=1S/C16H19BrN2O/c1-18-11-12-7-8-16(15(17)9-12)19(2)13-5-4-6-14(10-13)20-3/h4-10,18H,11H2,1-3H3. The summed E-state index contributed by atoms with van der Waals surface area (Å²) in [7, 11) is 5.68. The van der Waals surface area contributed by atoms with Gasteiger partial charge >= 0.3 is 0 Å². The van der Waals surface area contributed by atoms with Crippen LogP contribution in [-0.4, -0.2) is 21.2 Å². The van der Waals surface area contributed by atoms with Crippen LogP contribution >= 0.6 is 15.9 Å². The van der Waals surface area contributed by atoms with E-state index >= 15 is 0 Å². The Kier molecular flexibility index (Phi) is 5.04. The second kappa shape index (κ2) is 6.77. The van der Waals surface area contributed by atoms with Crippen LogP contribution in [-0.2, 0) is 6.54 Å². The van der Waals surface area contributed by atoms with Gasteiger partial charge in [0.1, 0.15) is 5.75 Å². The van der Waals surface area contributed by atoms with Crippen LogP contribution in [0.2, 0.25) is 0 Å². The summed E-state index contributed by atoms with van der Waals surface area (Å²) in [6.45, 7) is 0.863. The Morgan fingerprint density at radius 1 is 1.20 bits per heavy atom. The van der Waals surface area contributed by atoms with Crippen molar-refractivity contribution in [3.63, 3.8) is 0 Å². The largest absolute Gasteiger partial charge is 0.497 e. The second-order valence-corrected chi connectivity index (χ2v) is 5.43. The Morgan fingerprint density at radius 3 is 2.65 bits per heavy atom. The van der Waals surface area contributed by atoms with Crippen molar-refractivity contribution in [2.45, 2.75) is 6.54 Å². The first-order chi connectivity index (χ1) is 9.65. The molecule has 1 N–H and O–H groups in total. The number of halogens is 1. The van der Waals surface area contributed by atoms with Crippen LogP contribution in [0.5, 0.6) is 5.75 Å². The number of nitrogens with one attached hydrogen (secondary N) is 1. The lowest BCUT2D eigenvalue weighted by Crippen LogP contribution is -2.11. The first-order valence-electron chi connectivity index (χ1n) is 6.46. The molecule has 106 valence electrons. The van der Waals surface area contributed by atoms with Crippen molar-refractivity contribution in [2.75, 3.05) is 26.1 Å². The summed E-state index contributed by atoms with van der Waals surface area (Å²) in [5, 5.41) is 3.16. The molecule has 0 aliphatic heterocycles. The highest BCUT2D eigenvalue weighted by atomic mass is 79.9. The van der Waals surface area contributed by atoms with Crippen molar-refractivity contribution in [3.8, 4) is 5.75 Å². The Bertz CT molecular complexity index is 586. The molecule has 0 aromatic heterocycles. The van der Waals surface area contributed by atoms with E-state index in [1.165, 1.54) is 5.56 Å². The second-order valence-electron chi connectivity index (χ2n) is 4.58. The number of benzene rings is 2. The molecule has 0 atom stereocenters. The van der Waals surface area contributed by atoms with Gasteiger partial charge in [0.25, 0.3) is 0 Å². The minimum atomic E-state index is 0.859. The molecule has 4 heteroatoms. The smallest absolute Gasteiger partial charge is 0.120 e. The van der Waals surface area contributed by atoms with Gasteiger partial charge in [0, 0.05) is 29.8 Å². The summed E-state index contributed by atoms with van der Waals surface area (Å²) in [5.41, 5.74) is 3.46. The van der Waals surface area contributed by atoms with Gasteiger partial charge in [-0.2, -0.15) is 0 Å². The molecule has 0 spiro atoms. The number of rotatable bonds is 5. The van der Waals surface area contributed by atoms with Gasteiger partial charge in [-0.3, -0.25) is 0 Å². The molecule has 0 aliphatic rings. The molecule has 0 saturated heterocycles. The average molecular weight is 335 g/mol.